The predicted octanol–water partition coefficient (Wildman–Crippen LogP) is 5.28. The first-order chi connectivity index (χ1) is 14.7. The summed E-state index contributed by atoms with van der Waals surface area (Å²) in [5, 5.41) is 4.28. The van der Waals surface area contributed by atoms with E-state index in [9.17, 15) is 9.59 Å². The molecule has 1 aliphatic heterocycles. The second-order valence-electron chi connectivity index (χ2n) is 9.38. The zero-order valence-electron chi connectivity index (χ0n) is 18.3. The summed E-state index contributed by atoms with van der Waals surface area (Å²) < 4.78 is 5.42. The highest BCUT2D eigenvalue weighted by atomic mass is 35.5. The number of hydrogen-bond acceptors (Lipinski definition) is 4. The van der Waals surface area contributed by atoms with E-state index in [1.165, 1.54) is 4.88 Å². The van der Waals surface area contributed by atoms with E-state index in [4.69, 9.17) is 16.3 Å². The van der Waals surface area contributed by atoms with Crippen molar-refractivity contribution in [1.82, 2.24) is 4.90 Å². The van der Waals surface area contributed by atoms with Gasteiger partial charge < -0.3 is 15.0 Å². The summed E-state index contributed by atoms with van der Waals surface area (Å²) in [5.41, 5.74) is 2.53. The molecular weight excluding hydrogens is 432 g/mol. The summed E-state index contributed by atoms with van der Waals surface area (Å²) in [7, 11) is 0. The molecular formula is C24H29ClN2O3S. The molecule has 5 nitrogen and oxygen atoms in total. The summed E-state index contributed by atoms with van der Waals surface area (Å²) in [4.78, 5) is 29.5. The lowest BCUT2D eigenvalue weighted by Crippen LogP contribution is -2.41. The first-order valence-corrected chi connectivity index (χ1v) is 12.0. The van der Waals surface area contributed by atoms with Crippen LogP contribution in [0.1, 0.15) is 58.3 Å². The zero-order valence-corrected chi connectivity index (χ0v) is 19.9. The van der Waals surface area contributed by atoms with Crippen LogP contribution in [0.15, 0.2) is 24.3 Å². The Kier molecular flexibility index (Phi) is 6.42. The standard InChI is InChI=1S/C24H29ClN2O3S/c1-24(2,3)16-6-9-18-19(14-16)31-22(20(18)23(29)27-10-12-30-13-11-27)26-21(28)15-4-7-17(25)8-5-15/h4-5,7-8,16H,6,9-14H2,1-3H3,(H,26,28)/t16-/m0/s1. The molecule has 1 atom stereocenters. The van der Waals surface area contributed by atoms with Crippen molar-refractivity contribution in [3.63, 3.8) is 0 Å². The highest BCUT2D eigenvalue weighted by Gasteiger charge is 2.35. The number of carbonyl (C=O) groups excluding carboxylic acids is 2. The summed E-state index contributed by atoms with van der Waals surface area (Å²) >= 11 is 7.52. The predicted molar refractivity (Wildman–Crippen MR) is 125 cm³/mol. The molecule has 2 aliphatic rings. The third kappa shape index (κ3) is 4.81. The number of nitrogens with zero attached hydrogens (tertiary/aromatic N) is 1. The van der Waals surface area contributed by atoms with E-state index >= 15 is 0 Å². The maximum atomic E-state index is 13.5. The largest absolute Gasteiger partial charge is 0.378 e. The lowest BCUT2D eigenvalue weighted by molar-refractivity contribution is 0.0303. The van der Waals surface area contributed by atoms with E-state index in [0.29, 0.717) is 53.4 Å². The minimum absolute atomic E-state index is 0.00131. The number of amides is 2. The van der Waals surface area contributed by atoms with E-state index in [2.05, 4.69) is 26.1 Å². The molecule has 1 aromatic carbocycles. The van der Waals surface area contributed by atoms with Gasteiger partial charge in [0.15, 0.2) is 0 Å². The van der Waals surface area contributed by atoms with Gasteiger partial charge >= 0.3 is 0 Å². The van der Waals surface area contributed by atoms with Crippen LogP contribution in [-0.4, -0.2) is 43.0 Å². The summed E-state index contributed by atoms with van der Waals surface area (Å²) in [5.74, 6) is 0.338. The van der Waals surface area contributed by atoms with E-state index in [1.807, 2.05) is 4.90 Å². The Morgan fingerprint density at radius 3 is 2.48 bits per heavy atom. The first kappa shape index (κ1) is 22.3. The number of anilines is 1. The van der Waals surface area contributed by atoms with Gasteiger partial charge in [0, 0.05) is 28.6 Å². The molecule has 2 amide bonds. The van der Waals surface area contributed by atoms with E-state index in [0.717, 1.165) is 24.8 Å². The Morgan fingerprint density at radius 2 is 1.84 bits per heavy atom. The highest BCUT2D eigenvalue weighted by molar-refractivity contribution is 7.17. The Hall–Kier alpha value is -1.89. The van der Waals surface area contributed by atoms with Gasteiger partial charge in [0.1, 0.15) is 5.00 Å². The number of ether oxygens (including phenoxy) is 1. The molecule has 0 spiro atoms. The topological polar surface area (TPSA) is 58.6 Å². The molecule has 0 saturated carbocycles. The SMILES string of the molecule is CC(C)(C)[C@H]1CCc2c(sc(NC(=O)c3ccc(Cl)cc3)c2C(=O)N2CCOCC2)C1. The van der Waals surface area contributed by atoms with E-state index in [1.54, 1.807) is 35.6 Å². The molecule has 4 rings (SSSR count). The number of fused-ring (bicyclic) bond motifs is 1. The fourth-order valence-electron chi connectivity index (χ4n) is 4.34. The van der Waals surface area contributed by atoms with Crippen LogP contribution in [0.3, 0.4) is 0 Å². The number of nitrogens with one attached hydrogen (secondary N) is 1. The van der Waals surface area contributed by atoms with Crippen molar-refractivity contribution in [1.29, 1.82) is 0 Å². The van der Waals surface area contributed by atoms with Crippen LogP contribution < -0.4 is 5.32 Å². The molecule has 7 heteroatoms. The molecule has 166 valence electrons. The molecule has 2 aromatic rings. The smallest absolute Gasteiger partial charge is 0.257 e. The van der Waals surface area contributed by atoms with Crippen LogP contribution in [0.5, 0.6) is 0 Å². The number of hydrogen-bond donors (Lipinski definition) is 1. The van der Waals surface area contributed by atoms with Crippen LogP contribution in [-0.2, 0) is 17.6 Å². The van der Waals surface area contributed by atoms with Gasteiger partial charge in [-0.3, -0.25) is 9.59 Å². The Labute approximate surface area is 192 Å². The molecule has 1 N–H and O–H groups in total. The molecule has 1 aromatic heterocycles. The van der Waals surface area contributed by atoms with Crippen LogP contribution in [0.2, 0.25) is 5.02 Å². The highest BCUT2D eigenvalue weighted by Crippen LogP contribution is 2.44. The first-order valence-electron chi connectivity index (χ1n) is 10.8. The van der Waals surface area contributed by atoms with Crippen LogP contribution >= 0.6 is 22.9 Å². The lowest BCUT2D eigenvalue weighted by atomic mass is 9.72. The third-order valence-corrected chi connectivity index (χ3v) is 7.76. The van der Waals surface area contributed by atoms with Gasteiger partial charge in [0.05, 0.1) is 18.8 Å². The van der Waals surface area contributed by atoms with Crippen molar-refractivity contribution >= 4 is 39.8 Å². The van der Waals surface area contributed by atoms with Gasteiger partial charge in [-0.25, -0.2) is 0 Å². The summed E-state index contributed by atoms with van der Waals surface area (Å²) in [6, 6.07) is 6.79. The maximum absolute atomic E-state index is 13.5. The third-order valence-electron chi connectivity index (χ3n) is 6.34. The minimum atomic E-state index is -0.223. The number of thiophene rings is 1. The van der Waals surface area contributed by atoms with Gasteiger partial charge in [0.25, 0.3) is 11.8 Å². The average Bonchev–Trinajstić information content (AvgIpc) is 3.10. The van der Waals surface area contributed by atoms with Crippen molar-refractivity contribution < 1.29 is 14.3 Å². The monoisotopic (exact) mass is 460 g/mol. The molecule has 2 heterocycles. The number of halogens is 1. The van der Waals surface area contributed by atoms with Gasteiger partial charge in [0.2, 0.25) is 0 Å². The number of benzene rings is 1. The molecule has 31 heavy (non-hydrogen) atoms. The molecule has 0 bridgehead atoms. The molecule has 1 fully saturated rings. The van der Waals surface area contributed by atoms with E-state index in [-0.39, 0.29) is 17.2 Å². The summed E-state index contributed by atoms with van der Waals surface area (Å²) in [6.45, 7) is 9.10. The molecule has 0 radical (unpaired) electrons. The van der Waals surface area contributed by atoms with Crippen molar-refractivity contribution in [3.8, 4) is 0 Å². The quantitative estimate of drug-likeness (QED) is 0.678. The lowest BCUT2D eigenvalue weighted by Gasteiger charge is -2.34. The second kappa shape index (κ2) is 8.93. The minimum Gasteiger partial charge on any atom is -0.378 e. The Bertz CT molecular complexity index is 972. The number of rotatable bonds is 3. The second-order valence-corrected chi connectivity index (χ2v) is 10.9. The normalized spacial score (nSPS) is 19.1. The fraction of sp³-hybridized carbons (Fsp3) is 0.500. The molecule has 1 saturated heterocycles. The number of carbonyl (C=O) groups is 2. The van der Waals surface area contributed by atoms with Crippen molar-refractivity contribution in [2.45, 2.75) is 40.0 Å². The zero-order chi connectivity index (χ0) is 22.2. The Balaban J connectivity index is 1.67. The van der Waals surface area contributed by atoms with Gasteiger partial charge in [-0.1, -0.05) is 32.4 Å². The van der Waals surface area contributed by atoms with Gasteiger partial charge in [-0.2, -0.15) is 0 Å². The molecule has 0 unspecified atom stereocenters. The number of morpholine rings is 1. The maximum Gasteiger partial charge on any atom is 0.257 e. The van der Waals surface area contributed by atoms with Crippen molar-refractivity contribution in [2.24, 2.45) is 11.3 Å². The van der Waals surface area contributed by atoms with Crippen molar-refractivity contribution in [2.75, 3.05) is 31.6 Å². The van der Waals surface area contributed by atoms with Crippen LogP contribution in [0, 0.1) is 11.3 Å². The van der Waals surface area contributed by atoms with Gasteiger partial charge in [-0.15, -0.1) is 11.3 Å². The van der Waals surface area contributed by atoms with E-state index < -0.39 is 0 Å². The molecule has 1 aliphatic carbocycles. The Morgan fingerprint density at radius 1 is 1.16 bits per heavy atom. The summed E-state index contributed by atoms with van der Waals surface area (Å²) in [6.07, 6.45) is 2.88. The van der Waals surface area contributed by atoms with Gasteiger partial charge in [-0.05, 0) is 60.4 Å². The van der Waals surface area contributed by atoms with Crippen LogP contribution in [0.25, 0.3) is 0 Å². The van der Waals surface area contributed by atoms with Crippen LogP contribution in [0.4, 0.5) is 5.00 Å². The van der Waals surface area contributed by atoms with Crippen molar-refractivity contribution in [3.05, 3.63) is 50.9 Å². The average molecular weight is 461 g/mol. The fourth-order valence-corrected chi connectivity index (χ4v) is 5.78.